The molecule has 2 heterocycles. The summed E-state index contributed by atoms with van der Waals surface area (Å²) in [4.78, 5) is 0. The van der Waals surface area contributed by atoms with E-state index >= 15 is 0 Å². The first kappa shape index (κ1) is 9.68. The highest BCUT2D eigenvalue weighted by Crippen LogP contribution is 2.25. The molecule has 0 radical (unpaired) electrons. The van der Waals surface area contributed by atoms with Gasteiger partial charge in [0.2, 0.25) is 0 Å². The maximum Gasteiger partial charge on any atom is 0.0537 e. The van der Waals surface area contributed by atoms with Crippen molar-refractivity contribution in [3.63, 3.8) is 0 Å². The van der Waals surface area contributed by atoms with Crippen LogP contribution in [0, 0.1) is 5.92 Å². The van der Waals surface area contributed by atoms with E-state index in [1.165, 1.54) is 5.56 Å². The molecule has 1 aliphatic rings. The van der Waals surface area contributed by atoms with Crippen LogP contribution in [0.3, 0.4) is 0 Å². The molecular weight excluding hydrogens is 176 g/mol. The SMILES string of the molecule is CC1CC(c2cnn(C)c2)NCC1N. The molecule has 2 rings (SSSR count). The van der Waals surface area contributed by atoms with Crippen LogP contribution < -0.4 is 11.1 Å². The quantitative estimate of drug-likeness (QED) is 0.681. The zero-order chi connectivity index (χ0) is 10.1. The molecule has 1 aliphatic heterocycles. The smallest absolute Gasteiger partial charge is 0.0537 e. The lowest BCUT2D eigenvalue weighted by Gasteiger charge is -2.32. The molecule has 3 atom stereocenters. The minimum absolute atomic E-state index is 0.294. The normalized spacial score (nSPS) is 33.2. The standard InChI is InChI=1S/C10H18N4/c1-7-3-10(12-5-9(7)11)8-4-13-14(2)6-8/h4,6-7,9-10,12H,3,5,11H2,1-2H3. The summed E-state index contributed by atoms with van der Waals surface area (Å²) in [5, 5.41) is 7.63. The lowest BCUT2D eigenvalue weighted by molar-refractivity contribution is 0.286. The van der Waals surface area contributed by atoms with E-state index in [-0.39, 0.29) is 0 Å². The third-order valence-electron chi connectivity index (χ3n) is 3.07. The summed E-state index contributed by atoms with van der Waals surface area (Å²) < 4.78 is 1.84. The second-order valence-electron chi connectivity index (χ2n) is 4.29. The van der Waals surface area contributed by atoms with E-state index in [2.05, 4.69) is 23.5 Å². The van der Waals surface area contributed by atoms with Crippen LogP contribution in [-0.4, -0.2) is 22.4 Å². The summed E-state index contributed by atoms with van der Waals surface area (Å²) in [5.74, 6) is 0.585. The van der Waals surface area contributed by atoms with Gasteiger partial charge in [0.15, 0.2) is 0 Å². The van der Waals surface area contributed by atoms with Crippen molar-refractivity contribution in [2.75, 3.05) is 6.54 Å². The summed E-state index contributed by atoms with van der Waals surface area (Å²) in [7, 11) is 1.95. The van der Waals surface area contributed by atoms with Crippen LogP contribution in [0.15, 0.2) is 12.4 Å². The summed E-state index contributed by atoms with van der Waals surface area (Å²) >= 11 is 0. The lowest BCUT2D eigenvalue weighted by Crippen LogP contribution is -2.46. The topological polar surface area (TPSA) is 55.9 Å². The highest BCUT2D eigenvalue weighted by molar-refractivity contribution is 5.12. The van der Waals surface area contributed by atoms with E-state index in [9.17, 15) is 0 Å². The molecule has 4 heteroatoms. The number of nitrogens with two attached hydrogens (primary N) is 1. The molecule has 0 aliphatic carbocycles. The summed E-state index contributed by atoms with van der Waals surface area (Å²) in [6, 6.07) is 0.724. The van der Waals surface area contributed by atoms with Crippen LogP contribution in [0.1, 0.15) is 24.9 Å². The van der Waals surface area contributed by atoms with Gasteiger partial charge in [-0.05, 0) is 12.3 Å². The van der Waals surface area contributed by atoms with Crippen LogP contribution in [0.5, 0.6) is 0 Å². The molecule has 0 amide bonds. The Labute approximate surface area is 84.5 Å². The molecule has 14 heavy (non-hydrogen) atoms. The number of hydrogen-bond acceptors (Lipinski definition) is 3. The van der Waals surface area contributed by atoms with E-state index in [4.69, 9.17) is 5.73 Å². The maximum absolute atomic E-state index is 5.94. The average Bonchev–Trinajstić information content (AvgIpc) is 2.57. The summed E-state index contributed by atoms with van der Waals surface area (Å²) in [6.45, 7) is 3.12. The van der Waals surface area contributed by atoms with Crippen molar-refractivity contribution in [2.24, 2.45) is 18.7 Å². The van der Waals surface area contributed by atoms with Crippen LogP contribution >= 0.6 is 0 Å². The van der Waals surface area contributed by atoms with Crippen molar-refractivity contribution >= 4 is 0 Å². The molecule has 4 nitrogen and oxygen atoms in total. The van der Waals surface area contributed by atoms with E-state index in [1.807, 2.05) is 17.9 Å². The minimum atomic E-state index is 0.294. The van der Waals surface area contributed by atoms with Crippen molar-refractivity contribution in [1.82, 2.24) is 15.1 Å². The number of aryl methyl sites for hydroxylation is 1. The first-order valence-corrected chi connectivity index (χ1v) is 5.14. The number of piperidine rings is 1. The Bertz CT molecular complexity index is 307. The van der Waals surface area contributed by atoms with Crippen molar-refractivity contribution < 1.29 is 0 Å². The molecule has 0 saturated carbocycles. The van der Waals surface area contributed by atoms with Gasteiger partial charge in [-0.15, -0.1) is 0 Å². The molecule has 3 unspecified atom stereocenters. The second kappa shape index (κ2) is 3.71. The zero-order valence-corrected chi connectivity index (χ0v) is 8.77. The van der Waals surface area contributed by atoms with Gasteiger partial charge in [-0.2, -0.15) is 5.10 Å². The van der Waals surface area contributed by atoms with Crippen molar-refractivity contribution in [3.8, 4) is 0 Å². The minimum Gasteiger partial charge on any atom is -0.326 e. The zero-order valence-electron chi connectivity index (χ0n) is 8.77. The molecule has 78 valence electrons. The van der Waals surface area contributed by atoms with E-state index < -0.39 is 0 Å². The van der Waals surface area contributed by atoms with E-state index in [0.717, 1.165) is 13.0 Å². The van der Waals surface area contributed by atoms with E-state index in [0.29, 0.717) is 18.0 Å². The highest BCUT2D eigenvalue weighted by Gasteiger charge is 2.25. The summed E-state index contributed by atoms with van der Waals surface area (Å²) in [6.07, 6.45) is 5.11. The Morgan fingerprint density at radius 3 is 3.00 bits per heavy atom. The van der Waals surface area contributed by atoms with Gasteiger partial charge < -0.3 is 11.1 Å². The second-order valence-corrected chi connectivity index (χ2v) is 4.29. The predicted octanol–water partition coefficient (Wildman–Crippen LogP) is 0.418. The number of nitrogens with one attached hydrogen (secondary N) is 1. The van der Waals surface area contributed by atoms with Crippen molar-refractivity contribution in [2.45, 2.75) is 25.4 Å². The first-order chi connectivity index (χ1) is 6.66. The van der Waals surface area contributed by atoms with Crippen LogP contribution in [-0.2, 0) is 7.05 Å². The summed E-state index contributed by atoms with van der Waals surface area (Å²) in [5.41, 5.74) is 7.21. The van der Waals surface area contributed by atoms with E-state index in [1.54, 1.807) is 0 Å². The van der Waals surface area contributed by atoms with Gasteiger partial charge in [-0.25, -0.2) is 0 Å². The fraction of sp³-hybridized carbons (Fsp3) is 0.700. The number of nitrogens with zero attached hydrogens (tertiary/aromatic N) is 2. The predicted molar refractivity (Wildman–Crippen MR) is 55.7 cm³/mol. The average molecular weight is 194 g/mol. The molecule has 0 spiro atoms. The Balaban J connectivity index is 2.06. The number of hydrogen-bond donors (Lipinski definition) is 2. The first-order valence-electron chi connectivity index (χ1n) is 5.14. The molecule has 1 fully saturated rings. The third kappa shape index (κ3) is 1.81. The van der Waals surface area contributed by atoms with Gasteiger partial charge in [-0.1, -0.05) is 6.92 Å². The molecular formula is C10H18N4. The van der Waals surface area contributed by atoms with Gasteiger partial charge >= 0.3 is 0 Å². The lowest BCUT2D eigenvalue weighted by atomic mass is 9.88. The Kier molecular flexibility index (Phi) is 2.56. The Morgan fingerprint density at radius 2 is 2.43 bits per heavy atom. The Hall–Kier alpha value is -0.870. The fourth-order valence-electron chi connectivity index (χ4n) is 1.98. The maximum atomic E-state index is 5.94. The number of rotatable bonds is 1. The van der Waals surface area contributed by atoms with Crippen LogP contribution in [0.4, 0.5) is 0 Å². The molecule has 1 saturated heterocycles. The van der Waals surface area contributed by atoms with Gasteiger partial charge in [-0.3, -0.25) is 4.68 Å². The van der Waals surface area contributed by atoms with Gasteiger partial charge in [0.25, 0.3) is 0 Å². The fourth-order valence-corrected chi connectivity index (χ4v) is 1.98. The van der Waals surface area contributed by atoms with Crippen molar-refractivity contribution in [3.05, 3.63) is 18.0 Å². The molecule has 1 aromatic heterocycles. The van der Waals surface area contributed by atoms with Crippen LogP contribution in [0.25, 0.3) is 0 Å². The highest BCUT2D eigenvalue weighted by atomic mass is 15.2. The van der Waals surface area contributed by atoms with Gasteiger partial charge in [0.05, 0.1) is 6.20 Å². The monoisotopic (exact) mass is 194 g/mol. The third-order valence-corrected chi connectivity index (χ3v) is 3.07. The molecule has 1 aromatic rings. The van der Waals surface area contributed by atoms with Gasteiger partial charge in [0.1, 0.15) is 0 Å². The largest absolute Gasteiger partial charge is 0.326 e. The number of aromatic nitrogens is 2. The molecule has 0 aromatic carbocycles. The Morgan fingerprint density at radius 1 is 1.64 bits per heavy atom. The van der Waals surface area contributed by atoms with Gasteiger partial charge in [0, 0.05) is 37.4 Å². The molecule has 3 N–H and O–H groups in total. The van der Waals surface area contributed by atoms with Crippen LogP contribution in [0.2, 0.25) is 0 Å². The van der Waals surface area contributed by atoms with Crippen molar-refractivity contribution in [1.29, 1.82) is 0 Å². The molecule has 0 bridgehead atoms.